The van der Waals surface area contributed by atoms with Gasteiger partial charge in [0.2, 0.25) is 11.8 Å². The van der Waals surface area contributed by atoms with Gasteiger partial charge in [0.25, 0.3) is 5.56 Å². The summed E-state index contributed by atoms with van der Waals surface area (Å²) in [5.41, 5.74) is 2.11. The van der Waals surface area contributed by atoms with Crippen LogP contribution in [0, 0.1) is 12.7 Å². The van der Waals surface area contributed by atoms with Crippen molar-refractivity contribution >= 4 is 16.8 Å². The molecule has 1 amide bonds. The monoisotopic (exact) mass is 391 g/mol. The molecule has 6 nitrogen and oxygen atoms in total. The highest BCUT2D eigenvalue weighted by molar-refractivity contribution is 5.80. The largest absolute Gasteiger partial charge is 0.441 e. The summed E-state index contributed by atoms with van der Waals surface area (Å²) in [6, 6.07) is 15.0. The zero-order chi connectivity index (χ0) is 20.4. The molecule has 0 unspecified atom stereocenters. The molecule has 0 atom stereocenters. The van der Waals surface area contributed by atoms with Gasteiger partial charge in [-0.2, -0.15) is 0 Å². The van der Waals surface area contributed by atoms with Crippen molar-refractivity contribution in [3.63, 3.8) is 0 Å². The smallest absolute Gasteiger partial charge is 0.253 e. The molecule has 0 spiro atoms. The van der Waals surface area contributed by atoms with Gasteiger partial charge in [-0.15, -0.1) is 0 Å². The Morgan fingerprint density at radius 3 is 2.72 bits per heavy atom. The second-order valence-corrected chi connectivity index (χ2v) is 6.69. The molecular formula is C22H18FN3O3. The van der Waals surface area contributed by atoms with E-state index in [0.29, 0.717) is 28.5 Å². The quantitative estimate of drug-likeness (QED) is 0.545. The molecular weight excluding hydrogens is 373 g/mol. The third-order valence-electron chi connectivity index (χ3n) is 4.62. The second kappa shape index (κ2) is 7.71. The Hall–Kier alpha value is -3.74. The average molecular weight is 391 g/mol. The van der Waals surface area contributed by atoms with E-state index in [4.69, 9.17) is 4.42 Å². The van der Waals surface area contributed by atoms with Crippen molar-refractivity contribution in [3.05, 3.63) is 87.8 Å². The Bertz CT molecular complexity index is 1240. The average Bonchev–Trinajstić information content (AvgIpc) is 3.07. The van der Waals surface area contributed by atoms with Crippen LogP contribution in [0.3, 0.4) is 0 Å². The molecule has 2 aromatic heterocycles. The minimum atomic E-state index is -0.347. The van der Waals surface area contributed by atoms with Crippen LogP contribution >= 0.6 is 0 Å². The van der Waals surface area contributed by atoms with Gasteiger partial charge < -0.3 is 14.7 Å². The summed E-state index contributed by atoms with van der Waals surface area (Å²) in [5.74, 6) is 0.222. The van der Waals surface area contributed by atoms with Crippen molar-refractivity contribution in [1.82, 2.24) is 15.3 Å². The number of carbonyl (C=O) groups is 1. The molecule has 2 aromatic carbocycles. The van der Waals surface area contributed by atoms with Gasteiger partial charge in [-0.05, 0) is 48.7 Å². The lowest BCUT2D eigenvalue weighted by molar-refractivity contribution is -0.120. The second-order valence-electron chi connectivity index (χ2n) is 6.69. The maximum absolute atomic E-state index is 13.1. The fourth-order valence-electron chi connectivity index (χ4n) is 3.04. The molecule has 4 rings (SSSR count). The number of fused-ring (bicyclic) bond motifs is 1. The number of oxazole rings is 1. The summed E-state index contributed by atoms with van der Waals surface area (Å²) in [4.78, 5) is 31.7. The van der Waals surface area contributed by atoms with Crippen LogP contribution in [0.5, 0.6) is 0 Å². The van der Waals surface area contributed by atoms with Gasteiger partial charge in [-0.3, -0.25) is 9.59 Å². The molecule has 0 saturated heterocycles. The number of amides is 1. The standard InChI is InChI=1S/C22H18FN3O3/c1-13-19(26-22(29-13)14-6-8-17(23)9-7-14)11-20(27)24-12-16-10-15-4-2-3-5-18(15)25-21(16)28/h2-10H,11-12H2,1H3,(H,24,27)(H,25,28). The highest BCUT2D eigenvalue weighted by atomic mass is 19.1. The van der Waals surface area contributed by atoms with Crippen LogP contribution < -0.4 is 10.9 Å². The number of hydrogen-bond donors (Lipinski definition) is 2. The number of aryl methyl sites for hydroxylation is 1. The van der Waals surface area contributed by atoms with E-state index in [9.17, 15) is 14.0 Å². The number of nitrogens with one attached hydrogen (secondary N) is 2. The number of para-hydroxylation sites is 1. The third kappa shape index (κ3) is 4.08. The van der Waals surface area contributed by atoms with E-state index in [1.807, 2.05) is 24.3 Å². The fourth-order valence-corrected chi connectivity index (χ4v) is 3.04. The molecule has 29 heavy (non-hydrogen) atoms. The number of aromatic nitrogens is 2. The maximum Gasteiger partial charge on any atom is 0.253 e. The van der Waals surface area contributed by atoms with E-state index in [2.05, 4.69) is 15.3 Å². The van der Waals surface area contributed by atoms with Crippen molar-refractivity contribution in [2.24, 2.45) is 0 Å². The Labute approximate surface area is 165 Å². The fraction of sp³-hybridized carbons (Fsp3) is 0.136. The van der Waals surface area contributed by atoms with Crippen molar-refractivity contribution in [1.29, 1.82) is 0 Å². The highest BCUT2D eigenvalue weighted by Crippen LogP contribution is 2.22. The van der Waals surface area contributed by atoms with Crippen LogP contribution in [0.25, 0.3) is 22.4 Å². The summed E-state index contributed by atoms with van der Waals surface area (Å²) >= 11 is 0. The van der Waals surface area contributed by atoms with Gasteiger partial charge in [0.1, 0.15) is 11.6 Å². The number of nitrogens with zero attached hydrogens (tertiary/aromatic N) is 1. The van der Waals surface area contributed by atoms with Crippen molar-refractivity contribution < 1.29 is 13.6 Å². The van der Waals surface area contributed by atoms with Crippen LogP contribution in [0.2, 0.25) is 0 Å². The van der Waals surface area contributed by atoms with E-state index in [1.165, 1.54) is 12.1 Å². The van der Waals surface area contributed by atoms with Gasteiger partial charge in [0.05, 0.1) is 12.1 Å². The summed E-state index contributed by atoms with van der Waals surface area (Å²) < 4.78 is 18.7. The number of H-pyrrole nitrogens is 1. The van der Waals surface area contributed by atoms with E-state index in [0.717, 1.165) is 10.9 Å². The number of carbonyl (C=O) groups excluding carboxylic acids is 1. The number of benzene rings is 2. The lowest BCUT2D eigenvalue weighted by Gasteiger charge is -2.05. The van der Waals surface area contributed by atoms with Gasteiger partial charge in [-0.25, -0.2) is 9.37 Å². The molecule has 0 aliphatic carbocycles. The predicted octanol–water partition coefficient (Wildman–Crippen LogP) is 3.49. The van der Waals surface area contributed by atoms with Crippen LogP contribution in [-0.2, 0) is 17.8 Å². The molecule has 7 heteroatoms. The Balaban J connectivity index is 1.44. The van der Waals surface area contributed by atoms with Gasteiger partial charge in [0, 0.05) is 23.2 Å². The number of rotatable bonds is 5. The predicted molar refractivity (Wildman–Crippen MR) is 107 cm³/mol. The molecule has 2 heterocycles. The Morgan fingerprint density at radius 2 is 1.93 bits per heavy atom. The van der Waals surface area contributed by atoms with E-state index >= 15 is 0 Å². The topological polar surface area (TPSA) is 88.0 Å². The summed E-state index contributed by atoms with van der Waals surface area (Å²) in [6.45, 7) is 1.83. The van der Waals surface area contributed by atoms with Crippen LogP contribution in [0.15, 0.2) is 63.8 Å². The van der Waals surface area contributed by atoms with E-state index < -0.39 is 0 Å². The number of halogens is 1. The SMILES string of the molecule is Cc1oc(-c2ccc(F)cc2)nc1CC(=O)NCc1cc2ccccc2[nH]c1=O. The molecule has 0 saturated carbocycles. The first kappa shape index (κ1) is 18.6. The first-order valence-electron chi connectivity index (χ1n) is 9.09. The van der Waals surface area contributed by atoms with Crippen molar-refractivity contribution in [2.45, 2.75) is 19.9 Å². The molecule has 0 aliphatic heterocycles. The first-order chi connectivity index (χ1) is 14.0. The first-order valence-corrected chi connectivity index (χ1v) is 9.09. The van der Waals surface area contributed by atoms with Crippen LogP contribution in [0.1, 0.15) is 17.0 Å². The lowest BCUT2D eigenvalue weighted by Crippen LogP contribution is -2.28. The van der Waals surface area contributed by atoms with Gasteiger partial charge in [-0.1, -0.05) is 18.2 Å². The van der Waals surface area contributed by atoms with Crippen LogP contribution in [0.4, 0.5) is 4.39 Å². The van der Waals surface area contributed by atoms with Crippen molar-refractivity contribution in [2.75, 3.05) is 0 Å². The molecule has 4 aromatic rings. The maximum atomic E-state index is 13.1. The minimum Gasteiger partial charge on any atom is -0.441 e. The molecule has 0 fully saturated rings. The zero-order valence-corrected chi connectivity index (χ0v) is 15.7. The number of hydrogen-bond acceptors (Lipinski definition) is 4. The Morgan fingerprint density at radius 1 is 1.17 bits per heavy atom. The molecule has 0 aliphatic rings. The number of aromatic amines is 1. The lowest BCUT2D eigenvalue weighted by atomic mass is 10.1. The molecule has 2 N–H and O–H groups in total. The third-order valence-corrected chi connectivity index (χ3v) is 4.62. The van der Waals surface area contributed by atoms with Crippen molar-refractivity contribution in [3.8, 4) is 11.5 Å². The van der Waals surface area contributed by atoms with Crippen LogP contribution in [-0.4, -0.2) is 15.9 Å². The summed E-state index contributed by atoms with van der Waals surface area (Å²) in [6.07, 6.45) is 0.0159. The van der Waals surface area contributed by atoms with Gasteiger partial charge >= 0.3 is 0 Å². The summed E-state index contributed by atoms with van der Waals surface area (Å²) in [5, 5.41) is 3.64. The molecule has 0 bridgehead atoms. The molecule has 146 valence electrons. The van der Waals surface area contributed by atoms with E-state index in [1.54, 1.807) is 25.1 Å². The minimum absolute atomic E-state index is 0.0159. The highest BCUT2D eigenvalue weighted by Gasteiger charge is 2.15. The Kier molecular flexibility index (Phi) is 4.95. The number of pyridine rings is 1. The normalized spacial score (nSPS) is 11.0. The molecule has 0 radical (unpaired) electrons. The summed E-state index contributed by atoms with van der Waals surface area (Å²) in [7, 11) is 0. The van der Waals surface area contributed by atoms with E-state index in [-0.39, 0.29) is 30.2 Å². The van der Waals surface area contributed by atoms with Gasteiger partial charge in [0.15, 0.2) is 0 Å². The zero-order valence-electron chi connectivity index (χ0n) is 15.7.